The highest BCUT2D eigenvalue weighted by Gasteiger charge is 2.17. The van der Waals surface area contributed by atoms with Crippen molar-refractivity contribution in [2.75, 3.05) is 0 Å². The lowest BCUT2D eigenvalue weighted by Gasteiger charge is -2.15. The number of fused-ring (bicyclic) bond motifs is 1. The highest BCUT2D eigenvalue weighted by Crippen LogP contribution is 2.18. The van der Waals surface area contributed by atoms with Gasteiger partial charge in [0.15, 0.2) is 0 Å². The Kier molecular flexibility index (Phi) is 3.64. The van der Waals surface area contributed by atoms with Crippen LogP contribution in [0.4, 0.5) is 0 Å². The van der Waals surface area contributed by atoms with Gasteiger partial charge in [0.05, 0.1) is 11.6 Å². The molecule has 106 valence electrons. The van der Waals surface area contributed by atoms with Crippen LogP contribution in [0.3, 0.4) is 0 Å². The molecule has 0 radical (unpaired) electrons. The Bertz CT molecular complexity index is 747. The molecule has 0 spiro atoms. The second-order valence-corrected chi connectivity index (χ2v) is 4.78. The highest BCUT2D eigenvalue weighted by atomic mass is 16.1. The molecule has 0 saturated heterocycles. The van der Waals surface area contributed by atoms with Crippen LogP contribution in [0.15, 0.2) is 48.9 Å². The van der Waals surface area contributed by atoms with Gasteiger partial charge in [-0.1, -0.05) is 19.1 Å². The molecule has 2 aromatic heterocycles. The molecule has 0 saturated carbocycles. The fraction of sp³-hybridized carbons (Fsp3) is 0.188. The lowest BCUT2D eigenvalue weighted by molar-refractivity contribution is 0.0935. The van der Waals surface area contributed by atoms with E-state index in [1.54, 1.807) is 18.6 Å². The number of benzene rings is 1. The van der Waals surface area contributed by atoms with E-state index in [9.17, 15) is 4.79 Å². The predicted octanol–water partition coefficient (Wildman–Crippen LogP) is 2.84. The first kappa shape index (κ1) is 13.3. The van der Waals surface area contributed by atoms with Crippen molar-refractivity contribution in [2.24, 2.45) is 0 Å². The van der Waals surface area contributed by atoms with E-state index in [-0.39, 0.29) is 11.9 Å². The van der Waals surface area contributed by atoms with Gasteiger partial charge in [-0.25, -0.2) is 4.98 Å². The van der Waals surface area contributed by atoms with Crippen molar-refractivity contribution in [3.63, 3.8) is 0 Å². The number of imidazole rings is 1. The number of aromatic nitrogens is 3. The minimum atomic E-state index is -0.126. The van der Waals surface area contributed by atoms with Gasteiger partial charge in [0, 0.05) is 29.5 Å². The standard InChI is InChI=1S/C16H16N4O/c1-2-13(15-18-9-10-19-15)20-16(21)12-5-3-7-14-11(12)6-4-8-17-14/h3-10,13H,2H2,1H3,(H,18,19)(H,20,21). The third kappa shape index (κ3) is 2.63. The number of pyridine rings is 1. The Morgan fingerprint density at radius 1 is 1.24 bits per heavy atom. The van der Waals surface area contributed by atoms with E-state index >= 15 is 0 Å². The minimum absolute atomic E-state index is 0.114. The lowest BCUT2D eigenvalue weighted by Crippen LogP contribution is -2.29. The van der Waals surface area contributed by atoms with Crippen molar-refractivity contribution >= 4 is 16.8 Å². The molecule has 0 aliphatic carbocycles. The average Bonchev–Trinajstić information content (AvgIpc) is 3.06. The fourth-order valence-electron chi connectivity index (χ4n) is 2.37. The van der Waals surface area contributed by atoms with Gasteiger partial charge in [0.1, 0.15) is 5.82 Å². The molecule has 5 nitrogen and oxygen atoms in total. The van der Waals surface area contributed by atoms with Gasteiger partial charge in [-0.15, -0.1) is 0 Å². The van der Waals surface area contributed by atoms with E-state index in [4.69, 9.17) is 0 Å². The first-order valence-electron chi connectivity index (χ1n) is 6.93. The van der Waals surface area contributed by atoms with Gasteiger partial charge in [-0.2, -0.15) is 0 Å². The van der Waals surface area contributed by atoms with Crippen LogP contribution < -0.4 is 5.32 Å². The Balaban J connectivity index is 1.90. The Hall–Kier alpha value is -2.69. The Labute approximate surface area is 122 Å². The predicted molar refractivity (Wildman–Crippen MR) is 80.8 cm³/mol. The molecule has 1 amide bonds. The molecule has 3 rings (SSSR count). The molecule has 2 N–H and O–H groups in total. The zero-order valence-electron chi connectivity index (χ0n) is 11.7. The van der Waals surface area contributed by atoms with Crippen LogP contribution in [0.2, 0.25) is 0 Å². The summed E-state index contributed by atoms with van der Waals surface area (Å²) in [5, 5.41) is 3.87. The third-order valence-electron chi connectivity index (χ3n) is 3.45. The summed E-state index contributed by atoms with van der Waals surface area (Å²) in [6.45, 7) is 2.01. The Morgan fingerprint density at radius 3 is 2.90 bits per heavy atom. The van der Waals surface area contributed by atoms with Crippen LogP contribution in [-0.2, 0) is 0 Å². The minimum Gasteiger partial charge on any atom is -0.347 e. The zero-order valence-corrected chi connectivity index (χ0v) is 11.7. The summed E-state index contributed by atoms with van der Waals surface area (Å²) in [5.74, 6) is 0.654. The van der Waals surface area contributed by atoms with Gasteiger partial charge < -0.3 is 10.3 Å². The molecule has 1 aromatic carbocycles. The van der Waals surface area contributed by atoms with Gasteiger partial charge in [0.25, 0.3) is 5.91 Å². The van der Waals surface area contributed by atoms with E-state index in [0.29, 0.717) is 5.56 Å². The lowest BCUT2D eigenvalue weighted by atomic mass is 10.1. The smallest absolute Gasteiger partial charge is 0.252 e. The fourth-order valence-corrected chi connectivity index (χ4v) is 2.37. The summed E-state index contributed by atoms with van der Waals surface area (Å²) in [4.78, 5) is 24.1. The maximum atomic E-state index is 12.5. The molecule has 0 bridgehead atoms. The van der Waals surface area contributed by atoms with Crippen LogP contribution in [0.25, 0.3) is 10.9 Å². The monoisotopic (exact) mass is 280 g/mol. The molecule has 3 aromatic rings. The molecular weight excluding hydrogens is 264 g/mol. The quantitative estimate of drug-likeness (QED) is 0.772. The molecular formula is C16H16N4O. The number of aromatic amines is 1. The van der Waals surface area contributed by atoms with Crippen molar-refractivity contribution in [1.82, 2.24) is 20.3 Å². The third-order valence-corrected chi connectivity index (χ3v) is 3.45. The van der Waals surface area contributed by atoms with Gasteiger partial charge in [-0.3, -0.25) is 9.78 Å². The normalized spacial score (nSPS) is 12.2. The summed E-state index contributed by atoms with van der Waals surface area (Å²) < 4.78 is 0. The van der Waals surface area contributed by atoms with E-state index in [2.05, 4.69) is 20.3 Å². The largest absolute Gasteiger partial charge is 0.347 e. The van der Waals surface area contributed by atoms with E-state index in [1.165, 1.54) is 0 Å². The van der Waals surface area contributed by atoms with Crippen molar-refractivity contribution in [3.05, 3.63) is 60.3 Å². The molecule has 1 atom stereocenters. The van der Waals surface area contributed by atoms with Crippen molar-refractivity contribution in [1.29, 1.82) is 0 Å². The van der Waals surface area contributed by atoms with Crippen LogP contribution in [0, 0.1) is 0 Å². The average molecular weight is 280 g/mol. The van der Waals surface area contributed by atoms with Crippen LogP contribution in [0.5, 0.6) is 0 Å². The number of H-pyrrole nitrogens is 1. The summed E-state index contributed by atoms with van der Waals surface area (Å²) in [5.41, 5.74) is 1.45. The molecule has 2 heterocycles. The van der Waals surface area contributed by atoms with Crippen molar-refractivity contribution < 1.29 is 4.79 Å². The number of nitrogens with zero attached hydrogens (tertiary/aromatic N) is 2. The maximum absolute atomic E-state index is 12.5. The number of nitrogens with one attached hydrogen (secondary N) is 2. The molecule has 5 heteroatoms. The number of rotatable bonds is 4. The summed E-state index contributed by atoms with van der Waals surface area (Å²) in [6.07, 6.45) is 5.93. The summed E-state index contributed by atoms with van der Waals surface area (Å²) in [7, 11) is 0. The summed E-state index contributed by atoms with van der Waals surface area (Å²) in [6, 6.07) is 9.18. The highest BCUT2D eigenvalue weighted by molar-refractivity contribution is 6.06. The first-order chi connectivity index (χ1) is 10.3. The topological polar surface area (TPSA) is 70.7 Å². The van der Waals surface area contributed by atoms with Gasteiger partial charge >= 0.3 is 0 Å². The van der Waals surface area contributed by atoms with E-state index < -0.39 is 0 Å². The Morgan fingerprint density at radius 2 is 2.14 bits per heavy atom. The molecule has 21 heavy (non-hydrogen) atoms. The van der Waals surface area contributed by atoms with Crippen LogP contribution >= 0.6 is 0 Å². The zero-order chi connectivity index (χ0) is 14.7. The van der Waals surface area contributed by atoms with Crippen LogP contribution in [0.1, 0.15) is 35.6 Å². The van der Waals surface area contributed by atoms with Gasteiger partial charge in [-0.05, 0) is 24.6 Å². The van der Waals surface area contributed by atoms with Crippen molar-refractivity contribution in [3.8, 4) is 0 Å². The SMILES string of the molecule is CCC(NC(=O)c1cccc2ncccc12)c1ncc[nH]1. The maximum Gasteiger partial charge on any atom is 0.252 e. The second-order valence-electron chi connectivity index (χ2n) is 4.78. The second kappa shape index (κ2) is 5.75. The molecule has 0 aliphatic heterocycles. The first-order valence-corrected chi connectivity index (χ1v) is 6.93. The number of hydrogen-bond acceptors (Lipinski definition) is 3. The summed E-state index contributed by atoms with van der Waals surface area (Å²) >= 11 is 0. The molecule has 0 aliphatic rings. The van der Waals surface area contributed by atoms with Crippen molar-refractivity contribution in [2.45, 2.75) is 19.4 Å². The number of carbonyl (C=O) groups excluding carboxylic acids is 1. The molecule has 0 fully saturated rings. The molecule has 1 unspecified atom stereocenters. The van der Waals surface area contributed by atoms with E-state index in [0.717, 1.165) is 23.1 Å². The number of hydrogen-bond donors (Lipinski definition) is 2. The van der Waals surface area contributed by atoms with Gasteiger partial charge in [0.2, 0.25) is 0 Å². The number of amides is 1. The number of carbonyl (C=O) groups is 1. The van der Waals surface area contributed by atoms with Crippen LogP contribution in [-0.4, -0.2) is 20.9 Å². The van der Waals surface area contributed by atoms with E-state index in [1.807, 2.05) is 37.3 Å².